The fourth-order valence-electron chi connectivity index (χ4n) is 2.67. The van der Waals surface area contributed by atoms with Gasteiger partial charge in [0.2, 0.25) is 0 Å². The SMILES string of the molecule is CC1(C)CCCCC1NC(=O)c1ccc(CN)cn1. The summed E-state index contributed by atoms with van der Waals surface area (Å²) in [5.74, 6) is -0.0800. The van der Waals surface area contributed by atoms with Crippen LogP contribution in [0.5, 0.6) is 0 Å². The number of carbonyl (C=O) groups is 1. The largest absolute Gasteiger partial charge is 0.347 e. The highest BCUT2D eigenvalue weighted by atomic mass is 16.1. The molecule has 3 N–H and O–H groups in total. The van der Waals surface area contributed by atoms with Crippen molar-refractivity contribution >= 4 is 5.91 Å². The van der Waals surface area contributed by atoms with Gasteiger partial charge in [-0.05, 0) is 29.9 Å². The molecule has 0 bridgehead atoms. The van der Waals surface area contributed by atoms with Gasteiger partial charge in [-0.3, -0.25) is 9.78 Å². The number of hydrogen-bond acceptors (Lipinski definition) is 3. The van der Waals surface area contributed by atoms with Gasteiger partial charge in [-0.15, -0.1) is 0 Å². The normalized spacial score (nSPS) is 21.9. The molecule has 104 valence electrons. The Labute approximate surface area is 114 Å². The number of aromatic nitrogens is 1. The van der Waals surface area contributed by atoms with Gasteiger partial charge >= 0.3 is 0 Å². The molecule has 0 saturated heterocycles. The van der Waals surface area contributed by atoms with E-state index in [-0.39, 0.29) is 17.4 Å². The second kappa shape index (κ2) is 5.70. The van der Waals surface area contributed by atoms with Crippen LogP contribution in [0.2, 0.25) is 0 Å². The molecular formula is C15H23N3O. The highest BCUT2D eigenvalue weighted by Gasteiger charge is 2.33. The van der Waals surface area contributed by atoms with E-state index in [9.17, 15) is 4.79 Å². The Kier molecular flexibility index (Phi) is 4.20. The minimum atomic E-state index is -0.0800. The summed E-state index contributed by atoms with van der Waals surface area (Å²) in [6.45, 7) is 4.90. The zero-order chi connectivity index (χ0) is 13.9. The zero-order valence-electron chi connectivity index (χ0n) is 11.8. The maximum atomic E-state index is 12.2. The van der Waals surface area contributed by atoms with Crippen molar-refractivity contribution in [3.8, 4) is 0 Å². The number of hydrogen-bond donors (Lipinski definition) is 2. The third kappa shape index (κ3) is 3.32. The summed E-state index contributed by atoms with van der Waals surface area (Å²) in [7, 11) is 0. The van der Waals surface area contributed by atoms with Crippen molar-refractivity contribution in [3.05, 3.63) is 29.6 Å². The number of nitrogens with one attached hydrogen (secondary N) is 1. The van der Waals surface area contributed by atoms with Gasteiger partial charge in [-0.1, -0.05) is 32.8 Å². The molecule has 0 radical (unpaired) electrons. The minimum absolute atomic E-state index is 0.0800. The van der Waals surface area contributed by atoms with Crippen LogP contribution in [-0.4, -0.2) is 16.9 Å². The van der Waals surface area contributed by atoms with Crippen LogP contribution < -0.4 is 11.1 Å². The Morgan fingerprint density at radius 3 is 2.84 bits per heavy atom. The van der Waals surface area contributed by atoms with Gasteiger partial charge in [0.05, 0.1) is 0 Å². The standard InChI is InChI=1S/C15H23N3O/c1-15(2)8-4-3-5-13(15)18-14(19)12-7-6-11(9-16)10-17-12/h6-7,10,13H,3-5,8-9,16H2,1-2H3,(H,18,19). The third-order valence-corrected chi connectivity index (χ3v) is 4.11. The van der Waals surface area contributed by atoms with Gasteiger partial charge in [0.1, 0.15) is 5.69 Å². The number of nitrogens with zero attached hydrogens (tertiary/aromatic N) is 1. The van der Waals surface area contributed by atoms with E-state index in [4.69, 9.17) is 5.73 Å². The highest BCUT2D eigenvalue weighted by molar-refractivity contribution is 5.92. The quantitative estimate of drug-likeness (QED) is 0.876. The van der Waals surface area contributed by atoms with Gasteiger partial charge in [-0.25, -0.2) is 0 Å². The van der Waals surface area contributed by atoms with E-state index in [1.54, 1.807) is 12.3 Å². The molecule has 0 spiro atoms. The van der Waals surface area contributed by atoms with Gasteiger partial charge in [-0.2, -0.15) is 0 Å². The summed E-state index contributed by atoms with van der Waals surface area (Å²) >= 11 is 0. The zero-order valence-corrected chi connectivity index (χ0v) is 11.8. The minimum Gasteiger partial charge on any atom is -0.347 e. The molecule has 1 aliphatic rings. The van der Waals surface area contributed by atoms with E-state index >= 15 is 0 Å². The van der Waals surface area contributed by atoms with Crippen LogP contribution in [0.4, 0.5) is 0 Å². The van der Waals surface area contributed by atoms with Crippen LogP contribution in [0.25, 0.3) is 0 Å². The van der Waals surface area contributed by atoms with Crippen LogP contribution in [-0.2, 0) is 6.54 Å². The fourth-order valence-corrected chi connectivity index (χ4v) is 2.67. The molecule has 1 amide bonds. The van der Waals surface area contributed by atoms with E-state index < -0.39 is 0 Å². The topological polar surface area (TPSA) is 68.0 Å². The lowest BCUT2D eigenvalue weighted by Crippen LogP contribution is -2.47. The predicted molar refractivity (Wildman–Crippen MR) is 75.6 cm³/mol. The van der Waals surface area contributed by atoms with Crippen molar-refractivity contribution in [1.82, 2.24) is 10.3 Å². The molecule has 1 unspecified atom stereocenters. The van der Waals surface area contributed by atoms with E-state index in [2.05, 4.69) is 24.1 Å². The van der Waals surface area contributed by atoms with E-state index in [1.165, 1.54) is 12.8 Å². The van der Waals surface area contributed by atoms with Crippen molar-refractivity contribution in [2.45, 2.75) is 52.1 Å². The number of carbonyl (C=O) groups excluding carboxylic acids is 1. The predicted octanol–water partition coefficient (Wildman–Crippen LogP) is 2.24. The molecule has 1 aromatic rings. The Balaban J connectivity index is 2.03. The average molecular weight is 261 g/mol. The Morgan fingerprint density at radius 2 is 2.26 bits per heavy atom. The maximum absolute atomic E-state index is 12.2. The van der Waals surface area contributed by atoms with Crippen LogP contribution >= 0.6 is 0 Å². The van der Waals surface area contributed by atoms with E-state index in [0.29, 0.717) is 12.2 Å². The second-order valence-corrected chi connectivity index (χ2v) is 6.02. The Bertz CT molecular complexity index is 439. The van der Waals surface area contributed by atoms with Crippen molar-refractivity contribution in [2.75, 3.05) is 0 Å². The van der Waals surface area contributed by atoms with Gasteiger partial charge in [0, 0.05) is 18.8 Å². The summed E-state index contributed by atoms with van der Waals surface area (Å²) in [5.41, 5.74) is 7.10. The summed E-state index contributed by atoms with van der Waals surface area (Å²) in [6, 6.07) is 3.84. The Morgan fingerprint density at radius 1 is 1.47 bits per heavy atom. The molecule has 0 aromatic carbocycles. The number of nitrogens with two attached hydrogens (primary N) is 1. The van der Waals surface area contributed by atoms with Gasteiger partial charge < -0.3 is 11.1 Å². The molecule has 1 saturated carbocycles. The average Bonchev–Trinajstić information content (AvgIpc) is 2.41. The molecule has 4 nitrogen and oxygen atoms in total. The van der Waals surface area contributed by atoms with Crippen LogP contribution in [0.1, 0.15) is 55.6 Å². The first-order valence-electron chi connectivity index (χ1n) is 6.99. The summed E-state index contributed by atoms with van der Waals surface area (Å²) in [4.78, 5) is 16.4. The molecule has 0 aliphatic heterocycles. The molecule has 1 aliphatic carbocycles. The van der Waals surface area contributed by atoms with Gasteiger partial charge in [0.15, 0.2) is 0 Å². The molecule has 4 heteroatoms. The summed E-state index contributed by atoms with van der Waals surface area (Å²) < 4.78 is 0. The molecule has 2 rings (SSSR count). The monoisotopic (exact) mass is 261 g/mol. The Hall–Kier alpha value is -1.42. The fraction of sp³-hybridized carbons (Fsp3) is 0.600. The van der Waals surface area contributed by atoms with Crippen molar-refractivity contribution in [2.24, 2.45) is 11.1 Å². The maximum Gasteiger partial charge on any atom is 0.270 e. The van der Waals surface area contributed by atoms with Crippen molar-refractivity contribution < 1.29 is 4.79 Å². The van der Waals surface area contributed by atoms with Crippen LogP contribution in [0.15, 0.2) is 18.3 Å². The molecule has 19 heavy (non-hydrogen) atoms. The first-order chi connectivity index (χ1) is 9.03. The smallest absolute Gasteiger partial charge is 0.270 e. The lowest BCUT2D eigenvalue weighted by atomic mass is 9.73. The van der Waals surface area contributed by atoms with Crippen molar-refractivity contribution in [3.63, 3.8) is 0 Å². The number of amides is 1. The highest BCUT2D eigenvalue weighted by Crippen LogP contribution is 2.35. The molecule has 1 heterocycles. The number of pyridine rings is 1. The van der Waals surface area contributed by atoms with Crippen LogP contribution in [0, 0.1) is 5.41 Å². The van der Waals surface area contributed by atoms with E-state index in [0.717, 1.165) is 18.4 Å². The molecule has 1 aromatic heterocycles. The first kappa shape index (κ1) is 14.0. The molecule has 1 fully saturated rings. The summed E-state index contributed by atoms with van der Waals surface area (Å²) in [5, 5.41) is 3.13. The third-order valence-electron chi connectivity index (χ3n) is 4.11. The second-order valence-electron chi connectivity index (χ2n) is 6.02. The van der Waals surface area contributed by atoms with Crippen LogP contribution in [0.3, 0.4) is 0 Å². The lowest BCUT2D eigenvalue weighted by molar-refractivity contribution is 0.0848. The molecular weight excluding hydrogens is 238 g/mol. The first-order valence-corrected chi connectivity index (χ1v) is 6.99. The summed E-state index contributed by atoms with van der Waals surface area (Å²) in [6.07, 6.45) is 6.33. The molecule has 1 atom stereocenters. The lowest BCUT2D eigenvalue weighted by Gasteiger charge is -2.38. The van der Waals surface area contributed by atoms with Crippen molar-refractivity contribution in [1.29, 1.82) is 0 Å². The van der Waals surface area contributed by atoms with Gasteiger partial charge in [0.25, 0.3) is 5.91 Å². The number of rotatable bonds is 3. The van der Waals surface area contributed by atoms with E-state index in [1.807, 2.05) is 6.07 Å².